The average Bonchev–Trinajstić information content (AvgIpc) is 3.05. The highest BCUT2D eigenvalue weighted by atomic mass is 79.9. The van der Waals surface area contributed by atoms with Gasteiger partial charge < -0.3 is 20.1 Å². The Labute approximate surface area is 187 Å². The number of hydrogen-bond donors (Lipinski definition) is 2. The van der Waals surface area contributed by atoms with E-state index in [1.807, 2.05) is 6.07 Å². The number of thiophene rings is 1. The molecule has 1 aromatic carbocycles. The number of amides is 2. The molecular weight excluding hydrogens is 528 g/mol. The number of carbonyl (C=O) groups excluding carboxylic acids is 3. The summed E-state index contributed by atoms with van der Waals surface area (Å²) in [5.74, 6) is -1.16. The Morgan fingerprint density at radius 3 is 2.48 bits per heavy atom. The summed E-state index contributed by atoms with van der Waals surface area (Å²) in [6.45, 7) is 1.58. The number of esters is 2. The second kappa shape index (κ2) is 9.55. The van der Waals surface area contributed by atoms with Crippen LogP contribution in [0, 0.1) is 0 Å². The quantitative estimate of drug-likeness (QED) is 0.530. The van der Waals surface area contributed by atoms with Crippen LogP contribution in [0.4, 0.5) is 4.79 Å². The van der Waals surface area contributed by atoms with Gasteiger partial charge in [-0.25, -0.2) is 14.4 Å². The normalized spacial score (nSPS) is 16.1. The van der Waals surface area contributed by atoms with Crippen LogP contribution in [0.5, 0.6) is 0 Å². The molecule has 29 heavy (non-hydrogen) atoms. The molecule has 0 bridgehead atoms. The highest BCUT2D eigenvalue weighted by molar-refractivity contribution is 9.13. The monoisotopic (exact) mass is 542 g/mol. The number of ether oxygens (including phenoxy) is 2. The van der Waals surface area contributed by atoms with Crippen molar-refractivity contribution in [1.82, 2.24) is 10.6 Å². The molecule has 0 radical (unpaired) electrons. The fraction of sp³-hybridized carbons (Fsp3) is 0.211. The maximum Gasteiger partial charge on any atom is 0.348 e. The van der Waals surface area contributed by atoms with E-state index in [2.05, 4.69) is 42.5 Å². The molecule has 7 nitrogen and oxygen atoms in total. The number of hydrogen-bond acceptors (Lipinski definition) is 6. The van der Waals surface area contributed by atoms with E-state index in [0.29, 0.717) is 10.4 Å². The van der Waals surface area contributed by atoms with Crippen LogP contribution in [0.1, 0.15) is 28.2 Å². The van der Waals surface area contributed by atoms with Crippen molar-refractivity contribution in [2.75, 3.05) is 13.2 Å². The van der Waals surface area contributed by atoms with Crippen LogP contribution in [0.2, 0.25) is 0 Å². The van der Waals surface area contributed by atoms with Crippen molar-refractivity contribution in [3.63, 3.8) is 0 Å². The Balaban J connectivity index is 1.90. The number of rotatable bonds is 6. The lowest BCUT2D eigenvalue weighted by atomic mass is 9.95. The molecule has 1 aliphatic heterocycles. The van der Waals surface area contributed by atoms with Crippen LogP contribution in [0.15, 0.2) is 55.9 Å². The van der Waals surface area contributed by atoms with Gasteiger partial charge in [-0.15, -0.1) is 11.3 Å². The summed E-state index contributed by atoms with van der Waals surface area (Å²) >= 11 is 7.86. The summed E-state index contributed by atoms with van der Waals surface area (Å²) in [6, 6.07) is 9.43. The topological polar surface area (TPSA) is 93.7 Å². The van der Waals surface area contributed by atoms with Crippen molar-refractivity contribution in [3.8, 4) is 0 Å². The van der Waals surface area contributed by atoms with Gasteiger partial charge in [-0.2, -0.15) is 0 Å². The third-order valence-corrected chi connectivity index (χ3v) is 7.21. The van der Waals surface area contributed by atoms with Gasteiger partial charge >= 0.3 is 18.0 Å². The van der Waals surface area contributed by atoms with Crippen molar-refractivity contribution >= 4 is 61.2 Å². The number of carbonyl (C=O) groups is 3. The molecule has 0 spiro atoms. The summed E-state index contributed by atoms with van der Waals surface area (Å²) in [5, 5.41) is 5.29. The van der Waals surface area contributed by atoms with E-state index in [9.17, 15) is 14.4 Å². The Morgan fingerprint density at radius 1 is 1.14 bits per heavy atom. The van der Waals surface area contributed by atoms with Gasteiger partial charge in [0.15, 0.2) is 0 Å². The first-order valence-corrected chi connectivity index (χ1v) is 11.0. The van der Waals surface area contributed by atoms with E-state index in [1.165, 1.54) is 11.3 Å². The Bertz CT molecular complexity index is 955. The predicted octanol–water partition coefficient (Wildman–Crippen LogP) is 4.30. The van der Waals surface area contributed by atoms with E-state index < -0.39 is 24.0 Å². The third-order valence-electron chi connectivity index (χ3n) is 3.98. The highest BCUT2D eigenvalue weighted by Crippen LogP contribution is 2.33. The highest BCUT2D eigenvalue weighted by Gasteiger charge is 2.34. The van der Waals surface area contributed by atoms with E-state index >= 15 is 0 Å². The largest absolute Gasteiger partial charge is 0.463 e. The van der Waals surface area contributed by atoms with Crippen molar-refractivity contribution in [2.24, 2.45) is 0 Å². The van der Waals surface area contributed by atoms with Gasteiger partial charge in [-0.3, -0.25) is 0 Å². The lowest BCUT2D eigenvalue weighted by Crippen LogP contribution is -2.47. The summed E-state index contributed by atoms with van der Waals surface area (Å²) < 4.78 is 12.0. The van der Waals surface area contributed by atoms with E-state index in [0.717, 1.165) is 8.26 Å². The van der Waals surface area contributed by atoms with Gasteiger partial charge in [-0.05, 0) is 50.4 Å². The van der Waals surface area contributed by atoms with Crippen molar-refractivity contribution in [3.05, 3.63) is 66.4 Å². The molecule has 0 saturated heterocycles. The van der Waals surface area contributed by atoms with Crippen molar-refractivity contribution in [2.45, 2.75) is 13.0 Å². The SMILES string of the molecule is CCOC(=O)C1=C(COC(=O)c2cc(Br)c(Br)s2)NC(=O)N[C@H]1c1ccccc1. The molecule has 1 aliphatic rings. The first-order chi connectivity index (χ1) is 13.9. The molecule has 10 heteroatoms. The van der Waals surface area contributed by atoms with Crippen LogP contribution < -0.4 is 10.6 Å². The summed E-state index contributed by atoms with van der Waals surface area (Å²) in [6.07, 6.45) is 0. The second-order valence-corrected chi connectivity index (χ2v) is 9.09. The molecule has 2 N–H and O–H groups in total. The first-order valence-electron chi connectivity index (χ1n) is 8.55. The van der Waals surface area contributed by atoms with E-state index in [-0.39, 0.29) is 24.5 Å². The molecule has 1 aromatic heterocycles. The van der Waals surface area contributed by atoms with Gasteiger partial charge in [0, 0.05) is 4.47 Å². The Kier molecular flexibility index (Phi) is 7.09. The number of nitrogens with one attached hydrogen (secondary N) is 2. The maximum absolute atomic E-state index is 12.6. The third kappa shape index (κ3) is 5.06. The summed E-state index contributed by atoms with van der Waals surface area (Å²) in [4.78, 5) is 37.6. The predicted molar refractivity (Wildman–Crippen MR) is 115 cm³/mol. The minimum absolute atomic E-state index is 0.169. The average molecular weight is 544 g/mol. The molecule has 1 atom stereocenters. The zero-order valence-corrected chi connectivity index (χ0v) is 19.1. The van der Waals surface area contributed by atoms with E-state index in [4.69, 9.17) is 9.47 Å². The summed E-state index contributed by atoms with van der Waals surface area (Å²) in [5.41, 5.74) is 1.09. The minimum atomic E-state index is -0.720. The molecule has 152 valence electrons. The van der Waals surface area contributed by atoms with Crippen LogP contribution in [0.3, 0.4) is 0 Å². The smallest absolute Gasteiger partial charge is 0.348 e. The van der Waals surface area contributed by atoms with Crippen molar-refractivity contribution in [1.29, 1.82) is 0 Å². The second-order valence-electron chi connectivity index (χ2n) is 5.86. The number of halogens is 2. The fourth-order valence-electron chi connectivity index (χ4n) is 2.73. The maximum atomic E-state index is 12.6. The molecule has 0 unspecified atom stereocenters. The van der Waals surface area contributed by atoms with E-state index in [1.54, 1.807) is 37.3 Å². The van der Waals surface area contributed by atoms with Gasteiger partial charge in [0.05, 0.1) is 27.7 Å². The lowest BCUT2D eigenvalue weighted by molar-refractivity contribution is -0.139. The minimum Gasteiger partial charge on any atom is -0.463 e. The van der Waals surface area contributed by atoms with Gasteiger partial charge in [0.25, 0.3) is 0 Å². The molecular formula is C19H16Br2N2O5S. The molecule has 0 fully saturated rings. The lowest BCUT2D eigenvalue weighted by Gasteiger charge is -2.29. The molecule has 2 aromatic rings. The van der Waals surface area contributed by atoms with Crippen molar-refractivity contribution < 1.29 is 23.9 Å². The zero-order chi connectivity index (χ0) is 21.0. The van der Waals surface area contributed by atoms with Crippen LogP contribution in [-0.4, -0.2) is 31.2 Å². The van der Waals surface area contributed by atoms with Crippen LogP contribution in [0.25, 0.3) is 0 Å². The Hall–Kier alpha value is -2.17. The van der Waals surface area contributed by atoms with Gasteiger partial charge in [0.2, 0.25) is 0 Å². The van der Waals surface area contributed by atoms with Gasteiger partial charge in [0.1, 0.15) is 11.5 Å². The molecule has 0 saturated carbocycles. The summed E-state index contributed by atoms with van der Waals surface area (Å²) in [7, 11) is 0. The number of urea groups is 1. The molecule has 0 aliphatic carbocycles. The van der Waals surface area contributed by atoms with Crippen LogP contribution in [-0.2, 0) is 14.3 Å². The van der Waals surface area contributed by atoms with Crippen LogP contribution >= 0.6 is 43.2 Å². The molecule has 3 rings (SSSR count). The molecule has 2 heterocycles. The number of benzene rings is 1. The van der Waals surface area contributed by atoms with Gasteiger partial charge in [-0.1, -0.05) is 30.3 Å². The fourth-order valence-corrected chi connectivity index (χ4v) is 4.66. The zero-order valence-electron chi connectivity index (χ0n) is 15.2. The molecule has 2 amide bonds. The first kappa shape index (κ1) is 21.5. The standard InChI is InChI=1S/C19H16Br2N2O5S/c1-2-27-18(25)14-12(9-28-17(24)13-8-11(20)16(21)29-13)22-19(26)23-15(14)10-6-4-3-5-7-10/h3-8,15H,2,9H2,1H3,(H2,22,23,26)/t15-/m0/s1. The Morgan fingerprint density at radius 2 is 1.86 bits per heavy atom.